The van der Waals surface area contributed by atoms with Gasteiger partial charge in [-0.1, -0.05) is 23.7 Å². The number of rotatable bonds is 6. The number of phenolic OH excluding ortho intramolecular Hbond substituents is 1. The van der Waals surface area contributed by atoms with Crippen LogP contribution in [0.25, 0.3) is 16.6 Å². The van der Waals surface area contributed by atoms with Gasteiger partial charge in [0.05, 0.1) is 28.7 Å². The number of phenols is 1. The Morgan fingerprint density at radius 3 is 2.62 bits per heavy atom. The van der Waals surface area contributed by atoms with Crippen LogP contribution in [0.3, 0.4) is 0 Å². The van der Waals surface area contributed by atoms with Crippen molar-refractivity contribution in [1.82, 2.24) is 14.9 Å². The third kappa shape index (κ3) is 4.43. The first-order valence-electron chi connectivity index (χ1n) is 9.87. The minimum absolute atomic E-state index is 0.204. The molecule has 7 nitrogen and oxygen atoms in total. The van der Waals surface area contributed by atoms with E-state index in [1.807, 2.05) is 12.1 Å². The molecule has 0 aliphatic rings. The first-order chi connectivity index (χ1) is 15.5. The number of methoxy groups -OCH3 is 1. The SMILES string of the molecule is COc1ccc(-n2cnc3cc(C(=O)NCCc4ccc(O)cc4)ccc3c2=O)cc1Cl. The number of nitrogens with zero attached hydrogens (tertiary/aromatic N) is 2. The van der Waals surface area contributed by atoms with Gasteiger partial charge in [-0.25, -0.2) is 4.98 Å². The van der Waals surface area contributed by atoms with Gasteiger partial charge in [0.25, 0.3) is 11.5 Å². The van der Waals surface area contributed by atoms with Gasteiger partial charge in [-0.05, 0) is 60.5 Å². The number of benzene rings is 3. The number of carbonyl (C=O) groups excluding carboxylic acids is 1. The fourth-order valence-corrected chi connectivity index (χ4v) is 3.59. The van der Waals surface area contributed by atoms with Crippen molar-refractivity contribution >= 4 is 28.4 Å². The summed E-state index contributed by atoms with van der Waals surface area (Å²) in [6.07, 6.45) is 2.04. The molecule has 0 atom stereocenters. The van der Waals surface area contributed by atoms with Gasteiger partial charge in [0.1, 0.15) is 17.8 Å². The Kier molecular flexibility index (Phi) is 6.09. The van der Waals surface area contributed by atoms with Crippen molar-refractivity contribution in [3.8, 4) is 17.2 Å². The van der Waals surface area contributed by atoms with E-state index in [0.717, 1.165) is 5.56 Å². The maximum absolute atomic E-state index is 13.0. The van der Waals surface area contributed by atoms with Crippen molar-refractivity contribution < 1.29 is 14.6 Å². The van der Waals surface area contributed by atoms with Crippen molar-refractivity contribution in [2.45, 2.75) is 6.42 Å². The number of hydrogen-bond acceptors (Lipinski definition) is 5. The van der Waals surface area contributed by atoms with E-state index in [0.29, 0.717) is 45.9 Å². The quantitative estimate of drug-likeness (QED) is 0.468. The minimum atomic E-state index is -0.268. The average molecular weight is 450 g/mol. The molecule has 0 aliphatic carbocycles. The van der Waals surface area contributed by atoms with Crippen molar-refractivity contribution in [3.63, 3.8) is 0 Å². The fraction of sp³-hybridized carbons (Fsp3) is 0.125. The van der Waals surface area contributed by atoms with Crippen LogP contribution in [-0.2, 0) is 6.42 Å². The lowest BCUT2D eigenvalue weighted by atomic mass is 10.1. The molecule has 2 N–H and O–H groups in total. The maximum atomic E-state index is 13.0. The summed E-state index contributed by atoms with van der Waals surface area (Å²) in [5.41, 5.74) is 2.14. The zero-order valence-corrected chi connectivity index (χ0v) is 18.0. The molecular weight excluding hydrogens is 430 g/mol. The number of aromatic nitrogens is 2. The predicted molar refractivity (Wildman–Crippen MR) is 123 cm³/mol. The molecule has 0 saturated carbocycles. The van der Waals surface area contributed by atoms with Gasteiger partial charge in [0.15, 0.2) is 0 Å². The van der Waals surface area contributed by atoms with Gasteiger partial charge in [-0.15, -0.1) is 0 Å². The van der Waals surface area contributed by atoms with E-state index in [4.69, 9.17) is 16.3 Å². The second-order valence-electron chi connectivity index (χ2n) is 7.14. The molecule has 4 rings (SSSR count). The van der Waals surface area contributed by atoms with Crippen molar-refractivity contribution in [2.75, 3.05) is 13.7 Å². The Morgan fingerprint density at radius 1 is 1.12 bits per heavy atom. The van der Waals surface area contributed by atoms with Crippen LogP contribution < -0.4 is 15.6 Å². The summed E-state index contributed by atoms with van der Waals surface area (Å²) in [6, 6.07) is 16.7. The smallest absolute Gasteiger partial charge is 0.265 e. The van der Waals surface area contributed by atoms with Crippen LogP contribution in [0, 0.1) is 0 Å². The number of carbonyl (C=O) groups is 1. The molecule has 32 heavy (non-hydrogen) atoms. The van der Waals surface area contributed by atoms with Crippen molar-refractivity contribution in [1.29, 1.82) is 0 Å². The standard InChI is InChI=1S/C24H20ClN3O4/c1-32-22-9-5-17(13-20(22)25)28-14-27-21-12-16(4-8-19(21)24(28)31)23(30)26-11-10-15-2-6-18(29)7-3-15/h2-9,12-14,29H,10-11H2,1H3,(H,26,30). The van der Waals surface area contributed by atoms with Gasteiger partial charge in [0, 0.05) is 12.1 Å². The molecule has 1 amide bonds. The topological polar surface area (TPSA) is 93.5 Å². The summed E-state index contributed by atoms with van der Waals surface area (Å²) < 4.78 is 6.54. The van der Waals surface area contributed by atoms with Crippen LogP contribution in [-0.4, -0.2) is 34.2 Å². The number of hydrogen-bond donors (Lipinski definition) is 2. The van der Waals surface area contributed by atoms with Gasteiger partial charge in [-0.3, -0.25) is 14.2 Å². The molecule has 0 aliphatic heterocycles. The zero-order valence-electron chi connectivity index (χ0n) is 17.2. The predicted octanol–water partition coefficient (Wildman–Crippen LogP) is 3.73. The van der Waals surface area contributed by atoms with E-state index >= 15 is 0 Å². The first-order valence-corrected chi connectivity index (χ1v) is 10.3. The van der Waals surface area contributed by atoms with Gasteiger partial charge in [0.2, 0.25) is 0 Å². The number of aromatic hydroxyl groups is 1. The number of fused-ring (bicyclic) bond motifs is 1. The summed E-state index contributed by atoms with van der Waals surface area (Å²) in [5.74, 6) is 0.465. The first kappa shape index (κ1) is 21.4. The van der Waals surface area contributed by atoms with Gasteiger partial charge < -0.3 is 15.2 Å². The molecule has 4 aromatic rings. The molecule has 162 valence electrons. The highest BCUT2D eigenvalue weighted by Gasteiger charge is 2.12. The summed E-state index contributed by atoms with van der Waals surface area (Å²) in [5, 5.41) is 13.0. The molecule has 0 fully saturated rings. The lowest BCUT2D eigenvalue weighted by Crippen LogP contribution is -2.26. The monoisotopic (exact) mass is 449 g/mol. The minimum Gasteiger partial charge on any atom is -0.508 e. The Morgan fingerprint density at radius 2 is 1.91 bits per heavy atom. The van der Waals surface area contributed by atoms with Crippen LogP contribution in [0.2, 0.25) is 5.02 Å². The molecule has 0 unspecified atom stereocenters. The highest BCUT2D eigenvalue weighted by molar-refractivity contribution is 6.32. The van der Waals surface area contributed by atoms with Crippen molar-refractivity contribution in [3.05, 3.63) is 93.5 Å². The van der Waals surface area contributed by atoms with Crippen LogP contribution in [0.15, 0.2) is 71.8 Å². The van der Waals surface area contributed by atoms with E-state index in [-0.39, 0.29) is 17.2 Å². The maximum Gasteiger partial charge on any atom is 0.265 e. The third-order valence-electron chi connectivity index (χ3n) is 5.07. The zero-order chi connectivity index (χ0) is 22.7. The largest absolute Gasteiger partial charge is 0.508 e. The normalized spacial score (nSPS) is 10.8. The second-order valence-corrected chi connectivity index (χ2v) is 7.55. The van der Waals surface area contributed by atoms with Crippen LogP contribution in [0.5, 0.6) is 11.5 Å². The van der Waals surface area contributed by atoms with Gasteiger partial charge >= 0.3 is 0 Å². The Balaban J connectivity index is 1.52. The molecule has 0 bridgehead atoms. The average Bonchev–Trinajstić information content (AvgIpc) is 2.80. The highest BCUT2D eigenvalue weighted by Crippen LogP contribution is 2.26. The van der Waals surface area contributed by atoms with E-state index in [9.17, 15) is 14.7 Å². The number of nitrogens with one attached hydrogen (secondary N) is 1. The molecular formula is C24H20ClN3O4. The van der Waals surface area contributed by atoms with E-state index in [1.165, 1.54) is 18.0 Å². The Bertz CT molecular complexity index is 1350. The van der Waals surface area contributed by atoms with E-state index < -0.39 is 0 Å². The highest BCUT2D eigenvalue weighted by atomic mass is 35.5. The number of ether oxygens (including phenoxy) is 1. The molecule has 1 aromatic heterocycles. The lowest BCUT2D eigenvalue weighted by Gasteiger charge is -2.10. The van der Waals surface area contributed by atoms with E-state index in [2.05, 4.69) is 10.3 Å². The summed E-state index contributed by atoms with van der Waals surface area (Å²) in [6.45, 7) is 0.439. The van der Waals surface area contributed by atoms with Gasteiger partial charge in [-0.2, -0.15) is 0 Å². The molecule has 0 saturated heterocycles. The van der Waals surface area contributed by atoms with Crippen LogP contribution in [0.4, 0.5) is 0 Å². The summed E-state index contributed by atoms with van der Waals surface area (Å²) in [4.78, 5) is 29.8. The second kappa shape index (κ2) is 9.11. The molecule has 3 aromatic carbocycles. The Labute approximate surface area is 188 Å². The Hall–Kier alpha value is -3.84. The summed E-state index contributed by atoms with van der Waals surface area (Å²) >= 11 is 6.18. The van der Waals surface area contributed by atoms with Crippen LogP contribution in [0.1, 0.15) is 15.9 Å². The summed E-state index contributed by atoms with van der Waals surface area (Å²) in [7, 11) is 1.52. The lowest BCUT2D eigenvalue weighted by molar-refractivity contribution is 0.0954. The fourth-order valence-electron chi connectivity index (χ4n) is 3.34. The molecule has 0 radical (unpaired) electrons. The van der Waals surface area contributed by atoms with Crippen LogP contribution >= 0.6 is 11.6 Å². The van der Waals surface area contributed by atoms with E-state index in [1.54, 1.807) is 48.5 Å². The number of halogens is 1. The molecule has 8 heteroatoms. The number of amides is 1. The van der Waals surface area contributed by atoms with Crippen molar-refractivity contribution in [2.24, 2.45) is 0 Å². The molecule has 0 spiro atoms. The molecule has 1 heterocycles. The third-order valence-corrected chi connectivity index (χ3v) is 5.37.